The summed E-state index contributed by atoms with van der Waals surface area (Å²) in [5.74, 6) is 0.120. The Balaban J connectivity index is 1.88. The minimum Gasteiger partial charge on any atom is -0.384 e. The van der Waals surface area contributed by atoms with Crippen molar-refractivity contribution in [1.29, 1.82) is 0 Å². The predicted octanol–water partition coefficient (Wildman–Crippen LogP) is 1.69. The molecule has 0 aliphatic carbocycles. The van der Waals surface area contributed by atoms with Crippen molar-refractivity contribution in [3.8, 4) is 0 Å². The van der Waals surface area contributed by atoms with Crippen molar-refractivity contribution in [1.82, 2.24) is 15.3 Å². The monoisotopic (exact) mass is 288 g/mol. The molecule has 0 radical (unpaired) electrons. The molecule has 1 aromatic heterocycles. The van der Waals surface area contributed by atoms with E-state index in [1.165, 1.54) is 12.1 Å². The summed E-state index contributed by atoms with van der Waals surface area (Å²) in [5, 5.41) is 2.75. The average Bonchev–Trinajstić information content (AvgIpc) is 2.45. The van der Waals surface area contributed by atoms with Crippen molar-refractivity contribution in [2.75, 3.05) is 5.73 Å². The number of nitrogen functional groups attached to an aromatic ring is 1. The van der Waals surface area contributed by atoms with Crippen LogP contribution in [-0.2, 0) is 17.8 Å². The van der Waals surface area contributed by atoms with Crippen molar-refractivity contribution >= 4 is 11.7 Å². The van der Waals surface area contributed by atoms with Crippen molar-refractivity contribution in [3.05, 3.63) is 53.7 Å². The van der Waals surface area contributed by atoms with Crippen molar-refractivity contribution in [2.45, 2.75) is 19.9 Å². The third-order valence-electron chi connectivity index (χ3n) is 3.03. The first-order valence-corrected chi connectivity index (χ1v) is 6.64. The minimum atomic E-state index is -0.298. The summed E-state index contributed by atoms with van der Waals surface area (Å²) in [6.07, 6.45) is 2.02. The molecule has 5 nitrogen and oxygen atoms in total. The maximum atomic E-state index is 13.1. The highest BCUT2D eigenvalue weighted by atomic mass is 19.1. The van der Waals surface area contributed by atoms with Crippen LogP contribution < -0.4 is 11.1 Å². The molecule has 0 spiro atoms. The summed E-state index contributed by atoms with van der Waals surface area (Å²) < 4.78 is 13.1. The van der Waals surface area contributed by atoms with Crippen molar-refractivity contribution in [2.24, 2.45) is 5.92 Å². The van der Waals surface area contributed by atoms with Gasteiger partial charge in [-0.3, -0.25) is 4.79 Å². The fourth-order valence-electron chi connectivity index (χ4n) is 1.95. The Hall–Kier alpha value is -2.50. The van der Waals surface area contributed by atoms with Gasteiger partial charge in [0.25, 0.3) is 0 Å². The third kappa shape index (κ3) is 4.52. The Kier molecular flexibility index (Phi) is 4.81. The van der Waals surface area contributed by atoms with Gasteiger partial charge in [-0.15, -0.1) is 0 Å². The number of anilines is 1. The summed E-state index contributed by atoms with van der Waals surface area (Å²) in [5.41, 5.74) is 6.33. The molecule has 21 heavy (non-hydrogen) atoms. The highest BCUT2D eigenvalue weighted by molar-refractivity contribution is 5.78. The second-order valence-electron chi connectivity index (χ2n) is 4.85. The quantitative estimate of drug-likeness (QED) is 0.877. The zero-order chi connectivity index (χ0) is 15.2. The van der Waals surface area contributed by atoms with Gasteiger partial charge in [-0.05, 0) is 30.2 Å². The molecule has 6 heteroatoms. The summed E-state index contributed by atoms with van der Waals surface area (Å²) in [7, 11) is 0. The molecule has 1 atom stereocenters. The van der Waals surface area contributed by atoms with Gasteiger partial charge < -0.3 is 11.1 Å². The highest BCUT2D eigenvalue weighted by Gasteiger charge is 2.14. The molecule has 0 aliphatic rings. The Bertz CT molecular complexity index is 633. The van der Waals surface area contributed by atoms with Gasteiger partial charge in [0.1, 0.15) is 17.5 Å². The predicted molar refractivity (Wildman–Crippen MR) is 77.6 cm³/mol. The molecule has 1 aromatic carbocycles. The largest absolute Gasteiger partial charge is 0.384 e. The summed E-state index contributed by atoms with van der Waals surface area (Å²) in [4.78, 5) is 20.0. The van der Waals surface area contributed by atoms with Gasteiger partial charge in [0.05, 0.1) is 6.54 Å². The van der Waals surface area contributed by atoms with Crippen LogP contribution in [0.1, 0.15) is 18.3 Å². The van der Waals surface area contributed by atoms with Crippen molar-refractivity contribution in [3.63, 3.8) is 0 Å². The highest BCUT2D eigenvalue weighted by Crippen LogP contribution is 2.10. The first-order valence-electron chi connectivity index (χ1n) is 6.64. The summed E-state index contributed by atoms with van der Waals surface area (Å²) in [6.45, 7) is 2.01. The molecule has 1 amide bonds. The van der Waals surface area contributed by atoms with E-state index < -0.39 is 0 Å². The minimum absolute atomic E-state index is 0.134. The molecule has 0 saturated heterocycles. The Labute approximate surface area is 122 Å². The van der Waals surface area contributed by atoms with Crippen LogP contribution in [0.2, 0.25) is 0 Å². The molecule has 0 fully saturated rings. The van der Waals surface area contributed by atoms with Crippen LogP contribution in [0.5, 0.6) is 0 Å². The SMILES string of the molecule is CC(Cc1cccc(F)c1)C(=O)NCc1nccc(N)n1. The maximum absolute atomic E-state index is 13.1. The fourth-order valence-corrected chi connectivity index (χ4v) is 1.95. The summed E-state index contributed by atoms with van der Waals surface area (Å²) in [6, 6.07) is 7.83. The van der Waals surface area contributed by atoms with E-state index in [1.807, 2.05) is 0 Å². The number of hydrogen-bond acceptors (Lipinski definition) is 4. The number of hydrogen-bond donors (Lipinski definition) is 2. The van der Waals surface area contributed by atoms with Gasteiger partial charge in [-0.2, -0.15) is 0 Å². The lowest BCUT2D eigenvalue weighted by Crippen LogP contribution is -2.30. The van der Waals surface area contributed by atoms with Gasteiger partial charge in [-0.1, -0.05) is 19.1 Å². The summed E-state index contributed by atoms with van der Waals surface area (Å²) >= 11 is 0. The second kappa shape index (κ2) is 6.78. The standard InChI is InChI=1S/C15H17FN4O/c1-10(7-11-3-2-4-12(16)8-11)15(21)19-9-14-18-6-5-13(17)20-14/h2-6,8,10H,7,9H2,1H3,(H,19,21)(H2,17,18,20). The van der Waals surface area contributed by atoms with Crippen LogP contribution in [-0.4, -0.2) is 15.9 Å². The lowest BCUT2D eigenvalue weighted by molar-refractivity contribution is -0.124. The van der Waals surface area contributed by atoms with Crippen LogP contribution in [0.15, 0.2) is 36.5 Å². The normalized spacial score (nSPS) is 11.9. The van der Waals surface area contributed by atoms with Crippen LogP contribution in [0.3, 0.4) is 0 Å². The van der Waals surface area contributed by atoms with E-state index in [0.29, 0.717) is 18.1 Å². The topological polar surface area (TPSA) is 80.9 Å². The number of aromatic nitrogens is 2. The Morgan fingerprint density at radius 3 is 2.95 bits per heavy atom. The number of halogens is 1. The van der Waals surface area contributed by atoms with Crippen LogP contribution in [0, 0.1) is 11.7 Å². The maximum Gasteiger partial charge on any atom is 0.223 e. The lowest BCUT2D eigenvalue weighted by atomic mass is 10.0. The molecule has 2 rings (SSSR count). The third-order valence-corrected chi connectivity index (χ3v) is 3.03. The van der Waals surface area contributed by atoms with E-state index in [1.54, 1.807) is 31.3 Å². The molecule has 2 aromatic rings. The van der Waals surface area contributed by atoms with E-state index in [2.05, 4.69) is 15.3 Å². The number of benzene rings is 1. The number of nitrogens with two attached hydrogens (primary N) is 1. The van der Waals surface area contributed by atoms with Gasteiger partial charge in [0.2, 0.25) is 5.91 Å². The van der Waals surface area contributed by atoms with E-state index in [4.69, 9.17) is 5.73 Å². The molecule has 0 saturated carbocycles. The van der Waals surface area contributed by atoms with E-state index in [0.717, 1.165) is 5.56 Å². The first kappa shape index (κ1) is 14.9. The van der Waals surface area contributed by atoms with Gasteiger partial charge in [-0.25, -0.2) is 14.4 Å². The smallest absolute Gasteiger partial charge is 0.223 e. The van der Waals surface area contributed by atoms with Crippen LogP contribution in [0.25, 0.3) is 0 Å². The molecular weight excluding hydrogens is 271 g/mol. The van der Waals surface area contributed by atoms with E-state index in [9.17, 15) is 9.18 Å². The molecule has 110 valence electrons. The van der Waals surface area contributed by atoms with Crippen LogP contribution >= 0.6 is 0 Å². The van der Waals surface area contributed by atoms with Gasteiger partial charge >= 0.3 is 0 Å². The molecule has 1 unspecified atom stereocenters. The van der Waals surface area contributed by atoms with E-state index >= 15 is 0 Å². The molecule has 0 bridgehead atoms. The molecule has 1 heterocycles. The number of nitrogens with zero attached hydrogens (tertiary/aromatic N) is 2. The van der Waals surface area contributed by atoms with Crippen LogP contribution in [0.4, 0.5) is 10.2 Å². The number of carbonyl (C=O) groups excluding carboxylic acids is 1. The van der Waals surface area contributed by atoms with E-state index in [-0.39, 0.29) is 24.2 Å². The van der Waals surface area contributed by atoms with Gasteiger partial charge in [0.15, 0.2) is 0 Å². The average molecular weight is 288 g/mol. The zero-order valence-electron chi connectivity index (χ0n) is 11.7. The fraction of sp³-hybridized carbons (Fsp3) is 0.267. The molecule has 0 aliphatic heterocycles. The molecule has 3 N–H and O–H groups in total. The number of nitrogens with one attached hydrogen (secondary N) is 1. The Morgan fingerprint density at radius 2 is 2.24 bits per heavy atom. The zero-order valence-corrected chi connectivity index (χ0v) is 11.7. The van der Waals surface area contributed by atoms with Gasteiger partial charge in [0, 0.05) is 12.1 Å². The number of rotatable bonds is 5. The number of amides is 1. The molecular formula is C15H17FN4O. The lowest BCUT2D eigenvalue weighted by Gasteiger charge is -2.12. The Morgan fingerprint density at radius 1 is 1.43 bits per heavy atom. The second-order valence-corrected chi connectivity index (χ2v) is 4.85. The first-order chi connectivity index (χ1) is 10.0. The van der Waals surface area contributed by atoms with Crippen molar-refractivity contribution < 1.29 is 9.18 Å². The number of carbonyl (C=O) groups is 1.